The summed E-state index contributed by atoms with van der Waals surface area (Å²) in [6.07, 6.45) is 0.250. The minimum atomic E-state index is -0.460. The highest BCUT2D eigenvalue weighted by molar-refractivity contribution is 5.11. The minimum Gasteiger partial charge on any atom is -0.388 e. The normalized spacial score (nSPS) is 42.6. The van der Waals surface area contributed by atoms with Gasteiger partial charge in [-0.15, -0.1) is 5.92 Å². The Bertz CT molecular complexity index is 240. The molecule has 0 spiro atoms. The molecule has 0 aromatic carbocycles. The first-order chi connectivity index (χ1) is 6.33. The van der Waals surface area contributed by atoms with E-state index in [0.29, 0.717) is 13.2 Å². The van der Waals surface area contributed by atoms with E-state index in [9.17, 15) is 5.11 Å². The van der Waals surface area contributed by atoms with Gasteiger partial charge in [0.15, 0.2) is 0 Å². The lowest BCUT2D eigenvalue weighted by molar-refractivity contribution is 0.0179. The Morgan fingerprint density at radius 1 is 1.31 bits per heavy atom. The van der Waals surface area contributed by atoms with Gasteiger partial charge in [0.2, 0.25) is 0 Å². The van der Waals surface area contributed by atoms with Gasteiger partial charge >= 0.3 is 0 Å². The van der Waals surface area contributed by atoms with E-state index in [1.54, 1.807) is 0 Å². The van der Waals surface area contributed by atoms with Gasteiger partial charge in [-0.1, -0.05) is 12.8 Å². The van der Waals surface area contributed by atoms with Gasteiger partial charge in [0.1, 0.15) is 18.3 Å². The average Bonchev–Trinajstić information content (AvgIpc) is 2.67. The molecule has 0 bridgehead atoms. The Kier molecular flexibility index (Phi) is 2.54. The molecule has 3 heteroatoms. The molecular formula is C10H14O3. The molecule has 4 unspecified atom stereocenters. The second-order valence-electron chi connectivity index (χ2n) is 3.44. The van der Waals surface area contributed by atoms with Crippen molar-refractivity contribution in [3.8, 4) is 11.8 Å². The zero-order valence-corrected chi connectivity index (χ0v) is 7.69. The molecule has 1 N–H and O–H groups in total. The summed E-state index contributed by atoms with van der Waals surface area (Å²) in [4.78, 5) is 0. The van der Waals surface area contributed by atoms with Crippen LogP contribution < -0.4 is 0 Å². The fourth-order valence-corrected chi connectivity index (χ4v) is 1.84. The van der Waals surface area contributed by atoms with Gasteiger partial charge in [-0.2, -0.15) is 0 Å². The van der Waals surface area contributed by atoms with E-state index in [4.69, 9.17) is 9.47 Å². The highest BCUT2D eigenvalue weighted by Gasteiger charge is 2.46. The van der Waals surface area contributed by atoms with Crippen molar-refractivity contribution in [1.82, 2.24) is 0 Å². The second-order valence-corrected chi connectivity index (χ2v) is 3.44. The molecule has 4 atom stereocenters. The van der Waals surface area contributed by atoms with Gasteiger partial charge in [0.05, 0.1) is 19.1 Å². The van der Waals surface area contributed by atoms with E-state index < -0.39 is 6.10 Å². The van der Waals surface area contributed by atoms with E-state index in [1.807, 2.05) is 6.92 Å². The van der Waals surface area contributed by atoms with Gasteiger partial charge in [-0.25, -0.2) is 0 Å². The minimum absolute atomic E-state index is 0.00551. The fourth-order valence-electron chi connectivity index (χ4n) is 1.84. The first-order valence-corrected chi connectivity index (χ1v) is 4.72. The van der Waals surface area contributed by atoms with Gasteiger partial charge < -0.3 is 14.6 Å². The van der Waals surface area contributed by atoms with Crippen molar-refractivity contribution in [2.24, 2.45) is 5.92 Å². The predicted molar refractivity (Wildman–Crippen MR) is 47.0 cm³/mol. The Hall–Kier alpha value is -0.560. The number of fused-ring (bicyclic) bond motifs is 1. The summed E-state index contributed by atoms with van der Waals surface area (Å²) in [6.45, 7) is 3.00. The van der Waals surface area contributed by atoms with Crippen molar-refractivity contribution in [1.29, 1.82) is 0 Å². The van der Waals surface area contributed by atoms with E-state index in [1.165, 1.54) is 0 Å². The molecule has 0 aromatic heterocycles. The van der Waals surface area contributed by atoms with Crippen molar-refractivity contribution < 1.29 is 14.6 Å². The lowest BCUT2D eigenvalue weighted by Crippen LogP contribution is -2.28. The predicted octanol–water partition coefficient (Wildman–Crippen LogP) is 0.174. The molecule has 0 amide bonds. The monoisotopic (exact) mass is 182 g/mol. The number of aliphatic hydroxyl groups excluding tert-OH is 1. The van der Waals surface area contributed by atoms with Crippen molar-refractivity contribution >= 4 is 0 Å². The number of hydrogen-bond donors (Lipinski definition) is 1. The highest BCUT2D eigenvalue weighted by Crippen LogP contribution is 2.30. The maximum atomic E-state index is 9.44. The van der Waals surface area contributed by atoms with Crippen molar-refractivity contribution in [3.05, 3.63) is 0 Å². The molecule has 3 nitrogen and oxygen atoms in total. The summed E-state index contributed by atoms with van der Waals surface area (Å²) >= 11 is 0. The standard InChI is InChI=1S/C10H14O3/c1-2-3-4-7-5-12-10-8(11)6-13-9(7)10/h7-11H,2,5-6H2,1H3. The van der Waals surface area contributed by atoms with Gasteiger partial charge in [0.25, 0.3) is 0 Å². The fraction of sp³-hybridized carbons (Fsp3) is 0.800. The zero-order valence-electron chi connectivity index (χ0n) is 7.69. The van der Waals surface area contributed by atoms with Crippen LogP contribution in [0.15, 0.2) is 0 Å². The van der Waals surface area contributed by atoms with Crippen molar-refractivity contribution in [2.75, 3.05) is 13.2 Å². The third-order valence-corrected chi connectivity index (χ3v) is 2.49. The van der Waals surface area contributed by atoms with Gasteiger partial charge in [0, 0.05) is 6.42 Å². The third-order valence-electron chi connectivity index (χ3n) is 2.49. The number of ether oxygens (including phenoxy) is 2. The smallest absolute Gasteiger partial charge is 0.113 e. The Labute approximate surface area is 78.0 Å². The Morgan fingerprint density at radius 3 is 2.85 bits per heavy atom. The largest absolute Gasteiger partial charge is 0.388 e. The van der Waals surface area contributed by atoms with Crippen LogP contribution in [0.3, 0.4) is 0 Å². The molecule has 0 radical (unpaired) electrons. The summed E-state index contributed by atoms with van der Waals surface area (Å²) < 4.78 is 10.8. The summed E-state index contributed by atoms with van der Waals surface area (Å²) in [5, 5.41) is 9.44. The van der Waals surface area contributed by atoms with Crippen LogP contribution in [-0.2, 0) is 9.47 Å². The van der Waals surface area contributed by atoms with Crippen LogP contribution in [0.25, 0.3) is 0 Å². The maximum absolute atomic E-state index is 9.44. The van der Waals surface area contributed by atoms with Crippen LogP contribution in [-0.4, -0.2) is 36.6 Å². The maximum Gasteiger partial charge on any atom is 0.113 e. The molecule has 0 aromatic rings. The second kappa shape index (κ2) is 3.67. The van der Waals surface area contributed by atoms with Gasteiger partial charge in [-0.05, 0) is 0 Å². The Balaban J connectivity index is 2.02. The van der Waals surface area contributed by atoms with Crippen LogP contribution >= 0.6 is 0 Å². The molecule has 2 aliphatic rings. The van der Waals surface area contributed by atoms with Crippen LogP contribution in [0.1, 0.15) is 13.3 Å². The van der Waals surface area contributed by atoms with E-state index in [-0.39, 0.29) is 18.1 Å². The molecule has 2 saturated heterocycles. The molecule has 2 aliphatic heterocycles. The van der Waals surface area contributed by atoms with Crippen LogP contribution in [0.5, 0.6) is 0 Å². The van der Waals surface area contributed by atoms with Crippen LogP contribution in [0.2, 0.25) is 0 Å². The number of hydrogen-bond acceptors (Lipinski definition) is 3. The lowest BCUT2D eigenvalue weighted by atomic mass is 10.0. The quantitative estimate of drug-likeness (QED) is 0.543. The summed E-state index contributed by atoms with van der Waals surface area (Å²) in [5.41, 5.74) is 0. The van der Waals surface area contributed by atoms with Gasteiger partial charge in [-0.3, -0.25) is 0 Å². The Morgan fingerprint density at radius 2 is 2.08 bits per heavy atom. The van der Waals surface area contributed by atoms with Crippen LogP contribution in [0, 0.1) is 17.8 Å². The van der Waals surface area contributed by atoms with Crippen molar-refractivity contribution in [3.63, 3.8) is 0 Å². The summed E-state index contributed by atoms with van der Waals surface area (Å²) in [7, 11) is 0. The topological polar surface area (TPSA) is 38.7 Å². The number of aliphatic hydroxyl groups is 1. The van der Waals surface area contributed by atoms with Crippen molar-refractivity contribution in [2.45, 2.75) is 31.7 Å². The lowest BCUT2D eigenvalue weighted by Gasteiger charge is -2.09. The number of rotatable bonds is 0. The molecule has 2 rings (SSSR count). The highest BCUT2D eigenvalue weighted by atomic mass is 16.6. The first kappa shape index (κ1) is 9.01. The van der Waals surface area contributed by atoms with Crippen LogP contribution in [0.4, 0.5) is 0 Å². The molecule has 0 saturated carbocycles. The van der Waals surface area contributed by atoms with E-state index in [0.717, 1.165) is 6.42 Å². The summed E-state index contributed by atoms with van der Waals surface area (Å²) in [6, 6.07) is 0. The molecule has 0 aliphatic carbocycles. The third kappa shape index (κ3) is 1.58. The molecule has 72 valence electrons. The summed E-state index contributed by atoms with van der Waals surface area (Å²) in [5.74, 6) is 6.29. The van der Waals surface area contributed by atoms with E-state index >= 15 is 0 Å². The molecule has 2 fully saturated rings. The average molecular weight is 182 g/mol. The molecular weight excluding hydrogens is 168 g/mol. The zero-order chi connectivity index (χ0) is 9.26. The first-order valence-electron chi connectivity index (χ1n) is 4.72. The molecule has 2 heterocycles. The molecule has 13 heavy (non-hydrogen) atoms. The SMILES string of the molecule is CCC#CC1COC2C(O)COC12. The van der Waals surface area contributed by atoms with E-state index in [2.05, 4.69) is 11.8 Å².